The smallest absolute Gasteiger partial charge is 0.231 e. The first kappa shape index (κ1) is 19.4. The summed E-state index contributed by atoms with van der Waals surface area (Å²) in [5.41, 5.74) is 1.96. The minimum absolute atomic E-state index is 0.0493. The van der Waals surface area contributed by atoms with Gasteiger partial charge in [-0.05, 0) is 49.8 Å². The van der Waals surface area contributed by atoms with Crippen molar-refractivity contribution in [2.75, 3.05) is 10.2 Å². The number of carbonyl (C=O) groups excluding carboxylic acids is 2. The average Bonchev–Trinajstić information content (AvgIpc) is 3.24. The second-order valence-corrected chi connectivity index (χ2v) is 9.90. The Hall–Kier alpha value is -2.58. The van der Waals surface area contributed by atoms with Crippen LogP contribution < -0.4 is 10.2 Å². The molecule has 1 saturated heterocycles. The Morgan fingerprint density at radius 2 is 1.93 bits per heavy atom. The summed E-state index contributed by atoms with van der Waals surface area (Å²) < 4.78 is 0. The van der Waals surface area contributed by atoms with Gasteiger partial charge >= 0.3 is 0 Å². The van der Waals surface area contributed by atoms with E-state index in [0.717, 1.165) is 34.0 Å². The third kappa shape index (κ3) is 3.77. The van der Waals surface area contributed by atoms with E-state index in [1.807, 2.05) is 48.7 Å². The van der Waals surface area contributed by atoms with Gasteiger partial charge in [0.15, 0.2) is 0 Å². The van der Waals surface area contributed by atoms with Crippen molar-refractivity contribution in [1.29, 1.82) is 0 Å². The second-order valence-electron chi connectivity index (χ2n) is 7.91. The van der Waals surface area contributed by atoms with E-state index in [-0.39, 0.29) is 23.8 Å². The number of thiophene rings is 1. The lowest BCUT2D eigenvalue weighted by atomic mass is 9.86. The van der Waals surface area contributed by atoms with Crippen LogP contribution in [0.5, 0.6) is 0 Å². The number of aromatic nitrogens is 2. The van der Waals surface area contributed by atoms with Crippen LogP contribution in [0.25, 0.3) is 0 Å². The lowest BCUT2D eigenvalue weighted by Gasteiger charge is -2.40. The van der Waals surface area contributed by atoms with Crippen LogP contribution in [-0.4, -0.2) is 22.0 Å². The Kier molecular flexibility index (Phi) is 5.12. The highest BCUT2D eigenvalue weighted by molar-refractivity contribution is 7.15. The zero-order valence-electron chi connectivity index (χ0n) is 16.6. The van der Waals surface area contributed by atoms with E-state index < -0.39 is 0 Å². The van der Waals surface area contributed by atoms with Crippen molar-refractivity contribution in [3.05, 3.63) is 57.2 Å². The van der Waals surface area contributed by atoms with Crippen LogP contribution >= 0.6 is 22.7 Å². The molecule has 3 aromatic rings. The molecule has 2 fully saturated rings. The summed E-state index contributed by atoms with van der Waals surface area (Å²) >= 11 is 3.04. The number of amides is 2. The minimum Gasteiger partial charge on any atom is -0.303 e. The van der Waals surface area contributed by atoms with Gasteiger partial charge in [-0.3, -0.25) is 9.59 Å². The van der Waals surface area contributed by atoms with Crippen LogP contribution in [0.15, 0.2) is 41.8 Å². The number of hydrogen-bond donors (Lipinski definition) is 1. The van der Waals surface area contributed by atoms with E-state index in [4.69, 9.17) is 0 Å². The number of piperidine rings is 1. The number of aryl methyl sites for hydroxylation is 1. The molecular formula is C22H22N4O2S2. The number of carbonyl (C=O) groups is 2. The molecule has 3 heterocycles. The molecule has 154 valence electrons. The highest BCUT2D eigenvalue weighted by Crippen LogP contribution is 2.44. The number of nitrogens with zero attached hydrogens (tertiary/aromatic N) is 3. The Balaban J connectivity index is 1.45. The SMILES string of the molecule is Cc1ccc(N2C(=O)CC[C@H](C(=O)Nc3nnc(C4CC4)s3)[C@@H]2c2cccs2)cc1. The maximum atomic E-state index is 13.3. The van der Waals surface area contributed by atoms with Crippen molar-refractivity contribution in [1.82, 2.24) is 10.2 Å². The standard InChI is InChI=1S/C22H22N4O2S2/c1-13-4-8-15(9-5-13)26-18(27)11-10-16(19(26)17-3-2-12-29-17)20(28)23-22-25-24-21(30-22)14-6-7-14/h2-5,8-9,12,14,16,19H,6-7,10-11H2,1H3,(H,23,25,28)/t16-,19+/m0/s1. The van der Waals surface area contributed by atoms with Gasteiger partial charge in [0.25, 0.3) is 0 Å². The molecule has 0 bridgehead atoms. The van der Waals surface area contributed by atoms with E-state index in [2.05, 4.69) is 15.5 Å². The van der Waals surface area contributed by atoms with Gasteiger partial charge in [-0.15, -0.1) is 21.5 Å². The third-order valence-corrected chi connectivity index (χ3v) is 7.62. The summed E-state index contributed by atoms with van der Waals surface area (Å²) in [7, 11) is 0. The predicted octanol–water partition coefficient (Wildman–Crippen LogP) is 4.91. The lowest BCUT2D eigenvalue weighted by molar-refractivity contribution is -0.125. The van der Waals surface area contributed by atoms with Crippen molar-refractivity contribution in [3.63, 3.8) is 0 Å². The molecule has 30 heavy (non-hydrogen) atoms. The molecule has 1 N–H and O–H groups in total. The molecule has 2 aromatic heterocycles. The topological polar surface area (TPSA) is 75.2 Å². The maximum Gasteiger partial charge on any atom is 0.231 e. The summed E-state index contributed by atoms with van der Waals surface area (Å²) in [5.74, 6) is 0.108. The molecule has 1 aromatic carbocycles. The van der Waals surface area contributed by atoms with Crippen LogP contribution in [-0.2, 0) is 9.59 Å². The van der Waals surface area contributed by atoms with Crippen LogP contribution in [0.1, 0.15) is 53.1 Å². The Morgan fingerprint density at radius 1 is 1.13 bits per heavy atom. The van der Waals surface area contributed by atoms with E-state index in [1.165, 1.54) is 11.3 Å². The van der Waals surface area contributed by atoms with Crippen molar-refractivity contribution >= 4 is 45.3 Å². The molecule has 0 spiro atoms. The number of anilines is 2. The van der Waals surface area contributed by atoms with Gasteiger partial charge in [-0.1, -0.05) is 35.1 Å². The van der Waals surface area contributed by atoms with Crippen molar-refractivity contribution in [2.24, 2.45) is 5.92 Å². The van der Waals surface area contributed by atoms with E-state index in [1.54, 1.807) is 16.2 Å². The first-order valence-electron chi connectivity index (χ1n) is 10.2. The zero-order valence-corrected chi connectivity index (χ0v) is 18.2. The first-order valence-corrected chi connectivity index (χ1v) is 11.9. The molecule has 0 radical (unpaired) electrons. The fourth-order valence-electron chi connectivity index (χ4n) is 3.94. The second kappa shape index (κ2) is 7.92. The summed E-state index contributed by atoms with van der Waals surface area (Å²) in [6.07, 6.45) is 3.17. The zero-order chi connectivity index (χ0) is 20.7. The third-order valence-electron chi connectivity index (χ3n) is 5.68. The van der Waals surface area contributed by atoms with Gasteiger partial charge in [-0.25, -0.2) is 0 Å². The van der Waals surface area contributed by atoms with Gasteiger partial charge in [0, 0.05) is 22.9 Å². The van der Waals surface area contributed by atoms with Crippen LogP contribution in [0, 0.1) is 12.8 Å². The summed E-state index contributed by atoms with van der Waals surface area (Å²) in [4.78, 5) is 29.1. The fraction of sp³-hybridized carbons (Fsp3) is 0.364. The average molecular weight is 439 g/mol. The molecular weight excluding hydrogens is 416 g/mol. The Labute approximate surface area is 183 Å². The molecule has 6 nitrogen and oxygen atoms in total. The highest BCUT2D eigenvalue weighted by atomic mass is 32.1. The highest BCUT2D eigenvalue weighted by Gasteiger charge is 2.42. The van der Waals surface area contributed by atoms with E-state index >= 15 is 0 Å². The minimum atomic E-state index is -0.351. The van der Waals surface area contributed by atoms with E-state index in [9.17, 15) is 9.59 Å². The maximum absolute atomic E-state index is 13.3. The molecule has 1 aliphatic carbocycles. The molecule has 1 saturated carbocycles. The van der Waals surface area contributed by atoms with Gasteiger partial charge < -0.3 is 10.2 Å². The molecule has 2 aliphatic rings. The molecule has 1 aliphatic heterocycles. The number of benzene rings is 1. The number of rotatable bonds is 5. The molecule has 8 heteroatoms. The summed E-state index contributed by atoms with van der Waals surface area (Å²) in [5, 5.41) is 14.9. The molecule has 0 unspecified atom stereocenters. The predicted molar refractivity (Wildman–Crippen MR) is 119 cm³/mol. The van der Waals surface area contributed by atoms with E-state index in [0.29, 0.717) is 23.9 Å². The van der Waals surface area contributed by atoms with Crippen LogP contribution in [0.4, 0.5) is 10.8 Å². The molecule has 2 atom stereocenters. The van der Waals surface area contributed by atoms with Crippen molar-refractivity contribution in [3.8, 4) is 0 Å². The van der Waals surface area contributed by atoms with Gasteiger partial charge in [0.05, 0.1) is 12.0 Å². The van der Waals surface area contributed by atoms with Gasteiger partial charge in [-0.2, -0.15) is 0 Å². The van der Waals surface area contributed by atoms with Gasteiger partial charge in [0.2, 0.25) is 16.9 Å². The molecule has 2 amide bonds. The van der Waals surface area contributed by atoms with Crippen molar-refractivity contribution in [2.45, 2.75) is 44.6 Å². The Morgan fingerprint density at radius 3 is 2.63 bits per heavy atom. The van der Waals surface area contributed by atoms with Crippen LogP contribution in [0.3, 0.4) is 0 Å². The van der Waals surface area contributed by atoms with Gasteiger partial charge in [0.1, 0.15) is 5.01 Å². The summed E-state index contributed by atoms with van der Waals surface area (Å²) in [6, 6.07) is 11.6. The molecule has 5 rings (SSSR count). The fourth-order valence-corrected chi connectivity index (χ4v) is 5.74. The van der Waals surface area contributed by atoms with Crippen LogP contribution in [0.2, 0.25) is 0 Å². The Bertz CT molecular complexity index is 1060. The monoisotopic (exact) mass is 438 g/mol. The van der Waals surface area contributed by atoms with Crippen molar-refractivity contribution < 1.29 is 9.59 Å². The normalized spacial score (nSPS) is 21.6. The lowest BCUT2D eigenvalue weighted by Crippen LogP contribution is -2.46. The number of nitrogens with one attached hydrogen (secondary N) is 1. The summed E-state index contributed by atoms with van der Waals surface area (Å²) in [6.45, 7) is 2.02. The first-order chi connectivity index (χ1) is 14.6. The quantitative estimate of drug-likeness (QED) is 0.614. The largest absolute Gasteiger partial charge is 0.303 e. The number of hydrogen-bond acceptors (Lipinski definition) is 6.